The minimum Gasteiger partial charge on any atom is -0.492 e. The van der Waals surface area contributed by atoms with Crippen molar-refractivity contribution in [2.24, 2.45) is 5.92 Å². The standard InChI is InChI=1S/C16H22BrNO3/c17-14-2-4-15(5-3-14)21-12-11-18-9-7-13(8-10-18)1-6-16(19)20/h2-5,13H,1,6-12H2,(H,19,20). The van der Waals surface area contributed by atoms with Gasteiger partial charge in [0.2, 0.25) is 0 Å². The zero-order chi connectivity index (χ0) is 15.1. The number of likely N-dealkylation sites (tertiary alicyclic amines) is 1. The summed E-state index contributed by atoms with van der Waals surface area (Å²) in [6.45, 7) is 3.73. The van der Waals surface area contributed by atoms with E-state index in [9.17, 15) is 4.79 Å². The quantitative estimate of drug-likeness (QED) is 0.814. The summed E-state index contributed by atoms with van der Waals surface area (Å²) in [4.78, 5) is 13.0. The smallest absolute Gasteiger partial charge is 0.303 e. The third kappa shape index (κ3) is 6.06. The Kier molecular flexibility index (Phi) is 6.51. The van der Waals surface area contributed by atoms with Gasteiger partial charge < -0.3 is 9.84 Å². The minimum atomic E-state index is -0.680. The predicted molar refractivity (Wildman–Crippen MR) is 85.7 cm³/mol. The van der Waals surface area contributed by atoms with E-state index in [0.717, 1.165) is 49.1 Å². The number of halogens is 1. The van der Waals surface area contributed by atoms with E-state index in [4.69, 9.17) is 9.84 Å². The molecule has 4 nitrogen and oxygen atoms in total. The Morgan fingerprint density at radius 3 is 2.57 bits per heavy atom. The van der Waals surface area contributed by atoms with Crippen LogP contribution in [0.3, 0.4) is 0 Å². The van der Waals surface area contributed by atoms with E-state index >= 15 is 0 Å². The Morgan fingerprint density at radius 1 is 1.29 bits per heavy atom. The summed E-state index contributed by atoms with van der Waals surface area (Å²) in [5.41, 5.74) is 0. The van der Waals surface area contributed by atoms with Gasteiger partial charge in [-0.05, 0) is 62.5 Å². The monoisotopic (exact) mass is 355 g/mol. The van der Waals surface area contributed by atoms with Gasteiger partial charge >= 0.3 is 5.97 Å². The second-order valence-corrected chi connectivity index (χ2v) is 6.44. The molecule has 1 heterocycles. The summed E-state index contributed by atoms with van der Waals surface area (Å²) in [6.07, 6.45) is 3.33. The second-order valence-electron chi connectivity index (χ2n) is 5.52. The van der Waals surface area contributed by atoms with Crippen molar-refractivity contribution >= 4 is 21.9 Å². The van der Waals surface area contributed by atoms with Gasteiger partial charge in [0.05, 0.1) is 0 Å². The first-order chi connectivity index (χ1) is 10.1. The molecule has 5 heteroatoms. The van der Waals surface area contributed by atoms with E-state index in [0.29, 0.717) is 18.9 Å². The Morgan fingerprint density at radius 2 is 1.95 bits per heavy atom. The van der Waals surface area contributed by atoms with Gasteiger partial charge in [-0.25, -0.2) is 0 Å². The van der Waals surface area contributed by atoms with E-state index in [1.165, 1.54) is 0 Å². The van der Waals surface area contributed by atoms with Gasteiger partial charge in [-0.1, -0.05) is 15.9 Å². The van der Waals surface area contributed by atoms with Gasteiger partial charge in [-0.15, -0.1) is 0 Å². The largest absolute Gasteiger partial charge is 0.492 e. The number of carboxylic acids is 1. The lowest BCUT2D eigenvalue weighted by atomic mass is 9.92. The number of nitrogens with zero attached hydrogens (tertiary/aromatic N) is 1. The Bertz CT molecular complexity index is 441. The second kappa shape index (κ2) is 8.39. The SMILES string of the molecule is O=C(O)CCC1CCN(CCOc2ccc(Br)cc2)CC1. The third-order valence-corrected chi connectivity index (χ3v) is 4.49. The highest BCUT2D eigenvalue weighted by Gasteiger charge is 2.19. The van der Waals surface area contributed by atoms with Crippen LogP contribution in [-0.2, 0) is 4.79 Å². The lowest BCUT2D eigenvalue weighted by Gasteiger charge is -2.31. The zero-order valence-corrected chi connectivity index (χ0v) is 13.7. The zero-order valence-electron chi connectivity index (χ0n) is 12.1. The first-order valence-corrected chi connectivity index (χ1v) is 8.25. The molecule has 21 heavy (non-hydrogen) atoms. The van der Waals surface area contributed by atoms with Crippen LogP contribution in [0.25, 0.3) is 0 Å². The summed E-state index contributed by atoms with van der Waals surface area (Å²) in [6, 6.07) is 7.87. The molecule has 1 aromatic rings. The number of carbonyl (C=O) groups is 1. The van der Waals surface area contributed by atoms with Crippen LogP contribution in [0.2, 0.25) is 0 Å². The molecule has 0 saturated carbocycles. The highest BCUT2D eigenvalue weighted by Crippen LogP contribution is 2.22. The molecule has 0 bridgehead atoms. The van der Waals surface area contributed by atoms with Crippen LogP contribution in [-0.4, -0.2) is 42.2 Å². The molecule has 0 amide bonds. The molecule has 0 spiro atoms. The van der Waals surface area contributed by atoms with Crippen LogP contribution >= 0.6 is 15.9 Å². The van der Waals surface area contributed by atoms with Gasteiger partial charge in [0.1, 0.15) is 12.4 Å². The molecule has 2 rings (SSSR count). The summed E-state index contributed by atoms with van der Waals surface area (Å²) < 4.78 is 6.78. The Labute approximate surface area is 134 Å². The van der Waals surface area contributed by atoms with Crippen LogP contribution in [0.1, 0.15) is 25.7 Å². The van der Waals surface area contributed by atoms with Crippen molar-refractivity contribution in [1.29, 1.82) is 0 Å². The van der Waals surface area contributed by atoms with E-state index in [1.807, 2.05) is 24.3 Å². The van der Waals surface area contributed by atoms with E-state index in [2.05, 4.69) is 20.8 Å². The highest BCUT2D eigenvalue weighted by molar-refractivity contribution is 9.10. The summed E-state index contributed by atoms with van der Waals surface area (Å²) >= 11 is 3.40. The molecule has 116 valence electrons. The molecule has 1 fully saturated rings. The number of benzene rings is 1. The topological polar surface area (TPSA) is 49.8 Å². The Hall–Kier alpha value is -1.07. The van der Waals surface area contributed by atoms with Crippen LogP contribution in [0.4, 0.5) is 0 Å². The van der Waals surface area contributed by atoms with Crippen LogP contribution in [0.15, 0.2) is 28.7 Å². The molecule has 1 aromatic carbocycles. The van der Waals surface area contributed by atoms with Gasteiger partial charge in [0, 0.05) is 17.4 Å². The van der Waals surface area contributed by atoms with Crippen molar-refractivity contribution < 1.29 is 14.6 Å². The molecule has 1 saturated heterocycles. The van der Waals surface area contributed by atoms with Crippen molar-refractivity contribution in [3.05, 3.63) is 28.7 Å². The molecule has 1 aliphatic heterocycles. The third-order valence-electron chi connectivity index (χ3n) is 3.96. The van der Waals surface area contributed by atoms with Crippen molar-refractivity contribution in [1.82, 2.24) is 4.90 Å². The number of ether oxygens (including phenoxy) is 1. The lowest BCUT2D eigenvalue weighted by Crippen LogP contribution is -2.36. The van der Waals surface area contributed by atoms with Crippen LogP contribution < -0.4 is 4.74 Å². The van der Waals surface area contributed by atoms with Gasteiger partial charge in [0.15, 0.2) is 0 Å². The number of carboxylic acid groups (broad SMARTS) is 1. The normalized spacial score (nSPS) is 16.8. The van der Waals surface area contributed by atoms with Crippen LogP contribution in [0, 0.1) is 5.92 Å². The van der Waals surface area contributed by atoms with E-state index in [-0.39, 0.29) is 0 Å². The molecule has 1 aliphatic rings. The maximum absolute atomic E-state index is 10.6. The van der Waals surface area contributed by atoms with Crippen LogP contribution in [0.5, 0.6) is 5.75 Å². The average molecular weight is 356 g/mol. The number of hydrogen-bond donors (Lipinski definition) is 1. The summed E-state index contributed by atoms with van der Waals surface area (Å²) in [5, 5.41) is 8.71. The average Bonchev–Trinajstić information content (AvgIpc) is 2.48. The number of aliphatic carboxylic acids is 1. The molecule has 0 atom stereocenters. The Balaban J connectivity index is 1.60. The van der Waals surface area contributed by atoms with Crippen molar-refractivity contribution in [3.63, 3.8) is 0 Å². The van der Waals surface area contributed by atoms with E-state index in [1.54, 1.807) is 0 Å². The number of rotatable bonds is 7. The van der Waals surface area contributed by atoms with Gasteiger partial charge in [-0.2, -0.15) is 0 Å². The van der Waals surface area contributed by atoms with Crippen molar-refractivity contribution in [3.8, 4) is 5.75 Å². The molecule has 0 unspecified atom stereocenters. The first-order valence-electron chi connectivity index (χ1n) is 7.46. The van der Waals surface area contributed by atoms with Gasteiger partial charge in [0.25, 0.3) is 0 Å². The molecular weight excluding hydrogens is 334 g/mol. The summed E-state index contributed by atoms with van der Waals surface area (Å²) in [5.74, 6) is 0.791. The lowest BCUT2D eigenvalue weighted by molar-refractivity contribution is -0.137. The fourth-order valence-corrected chi connectivity index (χ4v) is 2.91. The van der Waals surface area contributed by atoms with Crippen molar-refractivity contribution in [2.75, 3.05) is 26.2 Å². The molecule has 0 radical (unpaired) electrons. The maximum Gasteiger partial charge on any atom is 0.303 e. The highest BCUT2D eigenvalue weighted by atomic mass is 79.9. The fourth-order valence-electron chi connectivity index (χ4n) is 2.65. The maximum atomic E-state index is 10.6. The number of piperidine rings is 1. The first kappa shape index (κ1) is 16.3. The molecular formula is C16H22BrNO3. The number of hydrogen-bond acceptors (Lipinski definition) is 3. The van der Waals surface area contributed by atoms with Crippen molar-refractivity contribution in [2.45, 2.75) is 25.7 Å². The van der Waals surface area contributed by atoms with E-state index < -0.39 is 5.97 Å². The predicted octanol–water partition coefficient (Wildman–Crippen LogP) is 3.40. The molecule has 0 aliphatic carbocycles. The van der Waals surface area contributed by atoms with Gasteiger partial charge in [-0.3, -0.25) is 9.69 Å². The molecule has 0 aromatic heterocycles. The minimum absolute atomic E-state index is 0.303. The summed E-state index contributed by atoms with van der Waals surface area (Å²) in [7, 11) is 0. The molecule has 1 N–H and O–H groups in total. The fraction of sp³-hybridized carbons (Fsp3) is 0.562.